The van der Waals surface area contributed by atoms with Crippen molar-refractivity contribution in [3.63, 3.8) is 0 Å². The summed E-state index contributed by atoms with van der Waals surface area (Å²) in [5.74, 6) is -1.56. The molecule has 0 aliphatic heterocycles. The maximum absolute atomic E-state index is 13.0. The SMILES string of the molecule is O=C(O)[C@@H](Cl)Cc1ccccc1F. The van der Waals surface area contributed by atoms with Crippen LogP contribution in [-0.4, -0.2) is 16.5 Å². The van der Waals surface area contributed by atoms with Crippen LogP contribution in [-0.2, 0) is 11.2 Å². The molecule has 0 heterocycles. The molecule has 0 unspecified atom stereocenters. The van der Waals surface area contributed by atoms with Crippen molar-refractivity contribution in [1.82, 2.24) is 0 Å². The van der Waals surface area contributed by atoms with Gasteiger partial charge in [-0.05, 0) is 11.6 Å². The number of rotatable bonds is 3. The Kier molecular flexibility index (Phi) is 3.25. The molecule has 1 aromatic carbocycles. The van der Waals surface area contributed by atoms with E-state index < -0.39 is 17.2 Å². The first kappa shape index (κ1) is 9.99. The molecule has 0 aliphatic rings. The summed E-state index contributed by atoms with van der Waals surface area (Å²) in [5.41, 5.74) is 0.324. The highest BCUT2D eigenvalue weighted by atomic mass is 35.5. The van der Waals surface area contributed by atoms with Gasteiger partial charge in [-0.2, -0.15) is 0 Å². The molecule has 0 spiro atoms. The highest BCUT2D eigenvalue weighted by Crippen LogP contribution is 2.12. The van der Waals surface area contributed by atoms with Crippen LogP contribution in [0.2, 0.25) is 0 Å². The lowest BCUT2D eigenvalue weighted by Gasteiger charge is -2.04. The average Bonchev–Trinajstić information content (AvgIpc) is 2.08. The predicted octanol–water partition coefficient (Wildman–Crippen LogP) is 2.06. The third-order valence-corrected chi connectivity index (χ3v) is 1.97. The van der Waals surface area contributed by atoms with Crippen LogP contribution < -0.4 is 0 Å². The van der Waals surface area contributed by atoms with Crippen LogP contribution in [0.15, 0.2) is 24.3 Å². The van der Waals surface area contributed by atoms with E-state index in [-0.39, 0.29) is 6.42 Å². The zero-order valence-electron chi connectivity index (χ0n) is 6.71. The van der Waals surface area contributed by atoms with Crippen molar-refractivity contribution >= 4 is 17.6 Å². The second-order valence-electron chi connectivity index (χ2n) is 2.60. The molecule has 4 heteroatoms. The Hall–Kier alpha value is -1.09. The van der Waals surface area contributed by atoms with E-state index in [1.165, 1.54) is 12.1 Å². The van der Waals surface area contributed by atoms with Crippen LogP contribution in [0.4, 0.5) is 4.39 Å². The minimum absolute atomic E-state index is 0.00353. The molecular weight excluding hydrogens is 195 g/mol. The molecule has 0 radical (unpaired) electrons. The van der Waals surface area contributed by atoms with Gasteiger partial charge in [0.2, 0.25) is 0 Å². The molecular formula is C9H8ClFO2. The smallest absolute Gasteiger partial charge is 0.321 e. The lowest BCUT2D eigenvalue weighted by atomic mass is 10.1. The second-order valence-corrected chi connectivity index (χ2v) is 3.13. The first-order valence-corrected chi connectivity index (χ1v) is 4.15. The monoisotopic (exact) mass is 202 g/mol. The Morgan fingerprint density at radius 3 is 2.69 bits per heavy atom. The molecule has 0 aliphatic carbocycles. The summed E-state index contributed by atoms with van der Waals surface area (Å²) in [6.07, 6.45) is 0.00353. The summed E-state index contributed by atoms with van der Waals surface area (Å²) in [4.78, 5) is 10.4. The fraction of sp³-hybridized carbons (Fsp3) is 0.222. The van der Waals surface area contributed by atoms with Crippen molar-refractivity contribution < 1.29 is 14.3 Å². The van der Waals surface area contributed by atoms with E-state index in [4.69, 9.17) is 16.7 Å². The van der Waals surface area contributed by atoms with E-state index >= 15 is 0 Å². The maximum atomic E-state index is 13.0. The Morgan fingerprint density at radius 1 is 1.54 bits per heavy atom. The Balaban J connectivity index is 2.74. The number of halogens is 2. The number of carboxylic acids is 1. The Labute approximate surface area is 80.0 Å². The molecule has 1 N–H and O–H groups in total. The van der Waals surface area contributed by atoms with Gasteiger partial charge in [0, 0.05) is 6.42 Å². The van der Waals surface area contributed by atoms with E-state index in [1.54, 1.807) is 12.1 Å². The summed E-state index contributed by atoms with van der Waals surface area (Å²) in [7, 11) is 0. The van der Waals surface area contributed by atoms with Crippen LogP contribution in [0, 0.1) is 5.82 Å². The first-order valence-electron chi connectivity index (χ1n) is 3.71. The molecule has 0 bridgehead atoms. The third-order valence-electron chi connectivity index (χ3n) is 1.62. The van der Waals surface area contributed by atoms with E-state index in [1.807, 2.05) is 0 Å². The van der Waals surface area contributed by atoms with Crippen LogP contribution in [0.25, 0.3) is 0 Å². The molecule has 0 saturated carbocycles. The number of hydrogen-bond donors (Lipinski definition) is 1. The molecule has 0 fully saturated rings. The molecule has 0 aromatic heterocycles. The van der Waals surface area contributed by atoms with Gasteiger partial charge in [-0.15, -0.1) is 11.6 Å². The standard InChI is InChI=1S/C9H8ClFO2/c10-7(9(12)13)5-6-3-1-2-4-8(6)11/h1-4,7H,5H2,(H,12,13)/t7-/m0/s1. The fourth-order valence-electron chi connectivity index (χ4n) is 0.944. The summed E-state index contributed by atoms with van der Waals surface area (Å²) >= 11 is 5.46. The number of aliphatic carboxylic acids is 1. The molecule has 1 aromatic rings. The van der Waals surface area contributed by atoms with Crippen molar-refractivity contribution in [1.29, 1.82) is 0 Å². The van der Waals surface area contributed by atoms with Gasteiger partial charge >= 0.3 is 5.97 Å². The van der Waals surface area contributed by atoms with Crippen LogP contribution >= 0.6 is 11.6 Å². The van der Waals surface area contributed by atoms with Gasteiger partial charge in [0.25, 0.3) is 0 Å². The summed E-state index contributed by atoms with van der Waals surface area (Å²) < 4.78 is 13.0. The first-order chi connectivity index (χ1) is 6.11. The number of carboxylic acid groups (broad SMARTS) is 1. The quantitative estimate of drug-likeness (QED) is 0.762. The molecule has 1 atom stereocenters. The predicted molar refractivity (Wildman–Crippen MR) is 47.4 cm³/mol. The number of carbonyl (C=O) groups is 1. The number of benzene rings is 1. The second kappa shape index (κ2) is 4.23. The average molecular weight is 203 g/mol. The van der Waals surface area contributed by atoms with Gasteiger partial charge in [0.1, 0.15) is 11.2 Å². The van der Waals surface area contributed by atoms with Gasteiger partial charge in [-0.1, -0.05) is 18.2 Å². The van der Waals surface area contributed by atoms with Gasteiger partial charge < -0.3 is 5.11 Å². The fourth-order valence-corrected chi connectivity index (χ4v) is 1.11. The van der Waals surface area contributed by atoms with Crippen molar-refractivity contribution in [3.8, 4) is 0 Å². The van der Waals surface area contributed by atoms with Crippen molar-refractivity contribution in [2.45, 2.75) is 11.8 Å². The summed E-state index contributed by atoms with van der Waals surface area (Å²) in [6.45, 7) is 0. The lowest BCUT2D eigenvalue weighted by molar-refractivity contribution is -0.136. The molecule has 13 heavy (non-hydrogen) atoms. The Bertz CT molecular complexity index is 314. The largest absolute Gasteiger partial charge is 0.480 e. The van der Waals surface area contributed by atoms with Gasteiger partial charge in [0.05, 0.1) is 0 Å². The van der Waals surface area contributed by atoms with E-state index in [0.29, 0.717) is 5.56 Å². The highest BCUT2D eigenvalue weighted by molar-refractivity contribution is 6.29. The summed E-state index contributed by atoms with van der Waals surface area (Å²) in [6, 6.07) is 5.99. The normalized spacial score (nSPS) is 12.5. The molecule has 70 valence electrons. The number of alkyl halides is 1. The van der Waals surface area contributed by atoms with E-state index in [0.717, 1.165) is 0 Å². The van der Waals surface area contributed by atoms with Gasteiger partial charge in [-0.3, -0.25) is 4.79 Å². The van der Waals surface area contributed by atoms with Gasteiger partial charge in [-0.25, -0.2) is 4.39 Å². The highest BCUT2D eigenvalue weighted by Gasteiger charge is 2.15. The van der Waals surface area contributed by atoms with Crippen molar-refractivity contribution in [2.24, 2.45) is 0 Å². The molecule has 1 rings (SSSR count). The van der Waals surface area contributed by atoms with E-state index in [2.05, 4.69) is 0 Å². The molecule has 0 amide bonds. The minimum Gasteiger partial charge on any atom is -0.480 e. The van der Waals surface area contributed by atoms with E-state index in [9.17, 15) is 9.18 Å². The van der Waals surface area contributed by atoms with Crippen LogP contribution in [0.1, 0.15) is 5.56 Å². The Morgan fingerprint density at radius 2 is 2.15 bits per heavy atom. The van der Waals surface area contributed by atoms with Crippen molar-refractivity contribution in [3.05, 3.63) is 35.6 Å². The topological polar surface area (TPSA) is 37.3 Å². The zero-order valence-corrected chi connectivity index (χ0v) is 7.46. The van der Waals surface area contributed by atoms with Crippen LogP contribution in [0.5, 0.6) is 0 Å². The molecule has 2 nitrogen and oxygen atoms in total. The van der Waals surface area contributed by atoms with Gasteiger partial charge in [0.15, 0.2) is 0 Å². The minimum atomic E-state index is -1.13. The molecule has 0 saturated heterocycles. The summed E-state index contributed by atoms with van der Waals surface area (Å²) in [5, 5.41) is 7.41. The number of hydrogen-bond acceptors (Lipinski definition) is 1. The van der Waals surface area contributed by atoms with Crippen LogP contribution in [0.3, 0.4) is 0 Å². The third kappa shape index (κ3) is 2.70. The zero-order chi connectivity index (χ0) is 9.84. The maximum Gasteiger partial charge on any atom is 0.321 e. The lowest BCUT2D eigenvalue weighted by Crippen LogP contribution is -2.16. The van der Waals surface area contributed by atoms with Crippen molar-refractivity contribution in [2.75, 3.05) is 0 Å².